The Morgan fingerprint density at radius 1 is 1.24 bits per heavy atom. The number of carbonyl (C=O) groups is 2. The van der Waals surface area contributed by atoms with Crippen LogP contribution in [0.1, 0.15) is 40.4 Å². The number of carbonyl (C=O) groups excluding carboxylic acids is 2. The van der Waals surface area contributed by atoms with Crippen molar-refractivity contribution in [3.8, 4) is 5.75 Å². The lowest BCUT2D eigenvalue weighted by atomic mass is 9.87. The molecule has 0 radical (unpaired) electrons. The minimum Gasteiger partial charge on any atom is -0.497 e. The second-order valence-electron chi connectivity index (χ2n) is 7.10. The highest BCUT2D eigenvalue weighted by molar-refractivity contribution is 6.18. The lowest BCUT2D eigenvalue weighted by Crippen LogP contribution is -2.47. The molecule has 0 saturated heterocycles. The SMILES string of the molecule is COc1ccc2c(c1)[C@H](O)[C@H]([N+](=O)[O-])[C@H]2[C@H]1C(=O)c2ccc(F)cc2N1C(C)=O. The van der Waals surface area contributed by atoms with Gasteiger partial charge in [-0.25, -0.2) is 4.39 Å². The molecular weight excluding hydrogens is 383 g/mol. The van der Waals surface area contributed by atoms with Crippen molar-refractivity contribution in [2.75, 3.05) is 12.0 Å². The van der Waals surface area contributed by atoms with Crippen molar-refractivity contribution in [2.45, 2.75) is 31.0 Å². The van der Waals surface area contributed by atoms with E-state index in [1.807, 2.05) is 0 Å². The summed E-state index contributed by atoms with van der Waals surface area (Å²) in [7, 11) is 1.43. The summed E-state index contributed by atoms with van der Waals surface area (Å²) in [5, 5.41) is 22.5. The second kappa shape index (κ2) is 6.63. The number of anilines is 1. The van der Waals surface area contributed by atoms with E-state index < -0.39 is 46.5 Å². The van der Waals surface area contributed by atoms with Crippen LogP contribution < -0.4 is 9.64 Å². The Morgan fingerprint density at radius 3 is 2.59 bits per heavy atom. The third-order valence-electron chi connectivity index (χ3n) is 5.62. The molecule has 1 amide bonds. The smallest absolute Gasteiger partial charge is 0.251 e. The number of hydrogen-bond donors (Lipinski definition) is 1. The monoisotopic (exact) mass is 400 g/mol. The number of halogens is 1. The molecule has 0 fully saturated rings. The Bertz CT molecular complexity index is 1060. The molecule has 4 rings (SSSR count). The number of aliphatic hydroxyl groups excluding tert-OH is 1. The van der Waals surface area contributed by atoms with E-state index in [4.69, 9.17) is 4.74 Å². The largest absolute Gasteiger partial charge is 0.497 e. The zero-order valence-corrected chi connectivity index (χ0v) is 15.5. The van der Waals surface area contributed by atoms with E-state index >= 15 is 0 Å². The first kappa shape index (κ1) is 19.0. The number of nitrogens with zero attached hydrogens (tertiary/aromatic N) is 2. The van der Waals surface area contributed by atoms with E-state index in [9.17, 15) is 29.2 Å². The molecule has 2 aliphatic rings. The summed E-state index contributed by atoms with van der Waals surface area (Å²) in [5.74, 6) is -2.41. The molecule has 0 aromatic heterocycles. The van der Waals surface area contributed by atoms with E-state index in [-0.39, 0.29) is 16.8 Å². The van der Waals surface area contributed by atoms with E-state index in [0.717, 1.165) is 17.0 Å². The van der Waals surface area contributed by atoms with Gasteiger partial charge in [-0.3, -0.25) is 19.7 Å². The first-order valence-corrected chi connectivity index (χ1v) is 8.89. The molecular formula is C20H17FN2O6. The zero-order chi connectivity index (χ0) is 21.0. The highest BCUT2D eigenvalue weighted by Crippen LogP contribution is 2.49. The summed E-state index contributed by atoms with van der Waals surface area (Å²) in [6.45, 7) is 1.21. The van der Waals surface area contributed by atoms with Crippen molar-refractivity contribution in [1.29, 1.82) is 0 Å². The number of nitro groups is 1. The highest BCUT2D eigenvalue weighted by Gasteiger charge is 2.57. The molecule has 8 nitrogen and oxygen atoms in total. The molecule has 0 bridgehead atoms. The fraction of sp³-hybridized carbons (Fsp3) is 0.300. The number of benzene rings is 2. The van der Waals surface area contributed by atoms with Crippen LogP contribution in [0.3, 0.4) is 0 Å². The van der Waals surface area contributed by atoms with Gasteiger partial charge in [-0.2, -0.15) is 0 Å². The number of rotatable bonds is 3. The zero-order valence-electron chi connectivity index (χ0n) is 15.5. The molecule has 1 aliphatic carbocycles. The third-order valence-corrected chi connectivity index (χ3v) is 5.62. The predicted octanol–water partition coefficient (Wildman–Crippen LogP) is 2.23. The van der Waals surface area contributed by atoms with Gasteiger partial charge in [-0.05, 0) is 41.5 Å². The number of methoxy groups -OCH3 is 1. The van der Waals surface area contributed by atoms with Crippen LogP contribution >= 0.6 is 0 Å². The fourth-order valence-electron chi connectivity index (χ4n) is 4.44. The summed E-state index contributed by atoms with van der Waals surface area (Å²) < 4.78 is 18.9. The summed E-state index contributed by atoms with van der Waals surface area (Å²) in [6, 6.07) is 5.24. The third kappa shape index (κ3) is 2.69. The van der Waals surface area contributed by atoms with Gasteiger partial charge in [0.05, 0.1) is 18.7 Å². The summed E-state index contributed by atoms with van der Waals surface area (Å²) in [4.78, 5) is 37.9. The first-order valence-electron chi connectivity index (χ1n) is 8.89. The number of Topliss-reactive ketones (excluding diaryl/α,β-unsaturated/α-hetero) is 1. The number of aliphatic hydroxyl groups is 1. The van der Waals surface area contributed by atoms with E-state index in [1.54, 1.807) is 12.1 Å². The second-order valence-corrected chi connectivity index (χ2v) is 7.10. The molecule has 0 spiro atoms. The number of ether oxygens (including phenoxy) is 1. The number of hydrogen-bond acceptors (Lipinski definition) is 6. The van der Waals surface area contributed by atoms with Crippen LogP contribution in [0.15, 0.2) is 36.4 Å². The van der Waals surface area contributed by atoms with Gasteiger partial charge in [0.25, 0.3) is 6.04 Å². The van der Waals surface area contributed by atoms with Crippen LogP contribution in [0.5, 0.6) is 5.75 Å². The predicted molar refractivity (Wildman–Crippen MR) is 99.2 cm³/mol. The molecule has 1 N–H and O–H groups in total. The normalized spacial score (nSPS) is 25.0. The summed E-state index contributed by atoms with van der Waals surface area (Å²) in [6.07, 6.45) is -1.48. The van der Waals surface area contributed by atoms with Gasteiger partial charge in [-0.1, -0.05) is 6.07 Å². The van der Waals surface area contributed by atoms with Crippen molar-refractivity contribution >= 4 is 17.4 Å². The lowest BCUT2D eigenvalue weighted by molar-refractivity contribution is -0.537. The maximum atomic E-state index is 13.8. The maximum absolute atomic E-state index is 13.8. The molecule has 0 saturated carbocycles. The summed E-state index contributed by atoms with van der Waals surface area (Å²) in [5.41, 5.74) is 0.851. The van der Waals surface area contributed by atoms with Gasteiger partial charge in [0.15, 0.2) is 5.78 Å². The molecule has 29 heavy (non-hydrogen) atoms. The Morgan fingerprint density at radius 2 is 1.97 bits per heavy atom. The standard InChI is InChI=1S/C20H17FN2O6/c1-9(24)22-15-7-10(21)3-5-13(15)19(25)17(22)16-12-6-4-11(29-2)8-14(12)20(26)18(16)23(27)28/h3-8,16-18,20,26H,1-2H3/t16-,17+,18-,20+/m1/s1. The van der Waals surface area contributed by atoms with Crippen LogP contribution in [0.25, 0.3) is 0 Å². The minimum absolute atomic E-state index is 0.0750. The average molecular weight is 400 g/mol. The molecule has 2 aromatic carbocycles. The Labute approximate surface area is 164 Å². The van der Waals surface area contributed by atoms with Gasteiger partial charge in [0, 0.05) is 17.4 Å². The maximum Gasteiger partial charge on any atom is 0.251 e. The van der Waals surface area contributed by atoms with Gasteiger partial charge in [-0.15, -0.1) is 0 Å². The van der Waals surface area contributed by atoms with Crippen molar-refractivity contribution in [3.63, 3.8) is 0 Å². The summed E-state index contributed by atoms with van der Waals surface area (Å²) >= 11 is 0. The molecule has 9 heteroatoms. The van der Waals surface area contributed by atoms with E-state index in [2.05, 4.69) is 0 Å². The van der Waals surface area contributed by atoms with Crippen LogP contribution in [-0.2, 0) is 4.79 Å². The Kier molecular flexibility index (Phi) is 4.34. The molecule has 0 unspecified atom stereocenters. The molecule has 1 heterocycles. The average Bonchev–Trinajstić information content (AvgIpc) is 3.12. The number of ketones is 1. The highest BCUT2D eigenvalue weighted by atomic mass is 19.1. The molecule has 1 aliphatic heterocycles. The van der Waals surface area contributed by atoms with Gasteiger partial charge < -0.3 is 14.7 Å². The first-order chi connectivity index (χ1) is 13.8. The van der Waals surface area contributed by atoms with Crippen molar-refractivity contribution < 1.29 is 28.7 Å². The van der Waals surface area contributed by atoms with E-state index in [1.165, 1.54) is 26.2 Å². The fourth-order valence-corrected chi connectivity index (χ4v) is 4.44. The lowest BCUT2D eigenvalue weighted by Gasteiger charge is -2.29. The molecule has 4 atom stereocenters. The van der Waals surface area contributed by atoms with Crippen LogP contribution in [0.4, 0.5) is 10.1 Å². The Balaban J connectivity index is 1.91. The van der Waals surface area contributed by atoms with Gasteiger partial charge >= 0.3 is 0 Å². The Hall–Kier alpha value is -3.33. The van der Waals surface area contributed by atoms with E-state index in [0.29, 0.717) is 11.3 Å². The van der Waals surface area contributed by atoms with Crippen LogP contribution in [-0.4, -0.2) is 40.9 Å². The van der Waals surface area contributed by atoms with Crippen LogP contribution in [0.2, 0.25) is 0 Å². The molecule has 150 valence electrons. The van der Waals surface area contributed by atoms with Gasteiger partial charge in [0.2, 0.25) is 5.91 Å². The molecule has 2 aromatic rings. The van der Waals surface area contributed by atoms with Crippen molar-refractivity contribution in [1.82, 2.24) is 0 Å². The quantitative estimate of drug-likeness (QED) is 0.625. The van der Waals surface area contributed by atoms with Crippen molar-refractivity contribution in [2.24, 2.45) is 0 Å². The van der Waals surface area contributed by atoms with Crippen LogP contribution in [0, 0.1) is 15.9 Å². The minimum atomic E-state index is -1.55. The number of amides is 1. The van der Waals surface area contributed by atoms with Gasteiger partial charge in [0.1, 0.15) is 23.7 Å². The number of fused-ring (bicyclic) bond motifs is 2. The van der Waals surface area contributed by atoms with Crippen molar-refractivity contribution in [3.05, 3.63) is 69.0 Å². The topological polar surface area (TPSA) is 110 Å².